The zero-order chi connectivity index (χ0) is 35.6. The van der Waals surface area contributed by atoms with Crippen molar-refractivity contribution in [3.05, 3.63) is 179 Å². The molecule has 0 heterocycles. The van der Waals surface area contributed by atoms with Crippen LogP contribution in [-0.4, -0.2) is 22.9 Å². The molecule has 8 nitrogen and oxygen atoms in total. The molecule has 1 atom stereocenters. The van der Waals surface area contributed by atoms with Gasteiger partial charge in [-0.25, -0.2) is 0 Å². The second-order valence-electron chi connectivity index (χ2n) is 11.6. The fourth-order valence-corrected chi connectivity index (χ4v) is 5.59. The first-order valence-corrected chi connectivity index (χ1v) is 16.5. The number of carbonyl (C=O) groups excluding carboxylic acids is 2. The third-order valence-corrected chi connectivity index (χ3v) is 8.24. The number of benzene rings is 6. The molecule has 0 aliphatic heterocycles. The van der Waals surface area contributed by atoms with E-state index in [1.165, 1.54) is 12.1 Å². The van der Waals surface area contributed by atoms with E-state index >= 15 is 0 Å². The quantitative estimate of drug-likeness (QED) is 0.111. The Morgan fingerprint density at radius 2 is 1.35 bits per heavy atom. The summed E-state index contributed by atoms with van der Waals surface area (Å²) in [5.41, 5.74) is 3.94. The standard InChI is InChI=1S/C42H33ClN2O6/c43-32-21-24-37(44-41(48)31-19-22-33(23-20-31)50-27-28-9-3-1-4-10-28)36(25-32)42(49)45-38(26-40(46)47)30-17-15-29(16-18-30)35-13-7-8-14-39(35)51-34-11-5-2-6-12-34/h1-25,38H,26-27H2,(H,44,48)(H,45,49)(H,46,47). The maximum absolute atomic E-state index is 13.7. The molecule has 1 unspecified atom stereocenters. The Morgan fingerprint density at radius 3 is 2.06 bits per heavy atom. The van der Waals surface area contributed by atoms with Crippen molar-refractivity contribution in [1.29, 1.82) is 0 Å². The molecule has 9 heteroatoms. The zero-order valence-corrected chi connectivity index (χ0v) is 28.0. The van der Waals surface area contributed by atoms with Gasteiger partial charge >= 0.3 is 5.97 Å². The van der Waals surface area contributed by atoms with Crippen LogP contribution in [0.4, 0.5) is 5.69 Å². The number of carboxylic acid groups (broad SMARTS) is 1. The molecule has 3 N–H and O–H groups in total. The van der Waals surface area contributed by atoms with Crippen molar-refractivity contribution >= 4 is 35.1 Å². The number of hydrogen-bond acceptors (Lipinski definition) is 5. The molecule has 6 rings (SSSR count). The third-order valence-electron chi connectivity index (χ3n) is 8.01. The van der Waals surface area contributed by atoms with Crippen molar-refractivity contribution in [3.63, 3.8) is 0 Å². The summed E-state index contributed by atoms with van der Waals surface area (Å²) in [6.07, 6.45) is -0.375. The number of aliphatic carboxylic acids is 1. The van der Waals surface area contributed by atoms with Crippen LogP contribution < -0.4 is 20.1 Å². The highest BCUT2D eigenvalue weighted by Gasteiger charge is 2.22. The average molecular weight is 697 g/mol. The van der Waals surface area contributed by atoms with Crippen molar-refractivity contribution in [2.24, 2.45) is 0 Å². The van der Waals surface area contributed by atoms with Gasteiger partial charge in [0.05, 0.1) is 23.7 Å². The Kier molecular flexibility index (Phi) is 11.1. The fourth-order valence-electron chi connectivity index (χ4n) is 5.42. The number of para-hydroxylation sites is 2. The molecule has 0 aliphatic carbocycles. The molecule has 0 aromatic heterocycles. The minimum absolute atomic E-state index is 0.0812. The topological polar surface area (TPSA) is 114 Å². The minimum Gasteiger partial charge on any atom is -0.489 e. The van der Waals surface area contributed by atoms with Gasteiger partial charge in [-0.1, -0.05) is 103 Å². The van der Waals surface area contributed by atoms with E-state index in [2.05, 4.69) is 10.6 Å². The van der Waals surface area contributed by atoms with Gasteiger partial charge < -0.3 is 25.2 Å². The van der Waals surface area contributed by atoms with Gasteiger partial charge in [0, 0.05) is 16.1 Å². The Morgan fingerprint density at radius 1 is 0.686 bits per heavy atom. The van der Waals surface area contributed by atoms with E-state index in [0.717, 1.165) is 16.7 Å². The molecule has 254 valence electrons. The summed E-state index contributed by atoms with van der Waals surface area (Å²) in [7, 11) is 0. The Labute approximate surface area is 300 Å². The molecule has 0 saturated carbocycles. The van der Waals surface area contributed by atoms with Crippen molar-refractivity contribution in [3.8, 4) is 28.4 Å². The maximum atomic E-state index is 13.7. The molecule has 51 heavy (non-hydrogen) atoms. The number of anilines is 1. The van der Waals surface area contributed by atoms with Gasteiger partial charge in [0.2, 0.25) is 0 Å². The monoisotopic (exact) mass is 696 g/mol. The highest BCUT2D eigenvalue weighted by molar-refractivity contribution is 6.31. The Balaban J connectivity index is 1.16. The molecule has 0 spiro atoms. The predicted octanol–water partition coefficient (Wildman–Crippen LogP) is 9.58. The van der Waals surface area contributed by atoms with E-state index in [0.29, 0.717) is 35.0 Å². The summed E-state index contributed by atoms with van der Waals surface area (Å²) < 4.78 is 11.9. The van der Waals surface area contributed by atoms with E-state index in [1.807, 2.05) is 97.1 Å². The van der Waals surface area contributed by atoms with Crippen LogP contribution in [0.1, 0.15) is 44.3 Å². The number of carboxylic acids is 1. The highest BCUT2D eigenvalue weighted by atomic mass is 35.5. The summed E-state index contributed by atoms with van der Waals surface area (Å²) >= 11 is 6.27. The van der Waals surface area contributed by atoms with Crippen molar-refractivity contribution in [2.75, 3.05) is 5.32 Å². The average Bonchev–Trinajstić information content (AvgIpc) is 3.15. The lowest BCUT2D eigenvalue weighted by Crippen LogP contribution is -2.31. The van der Waals surface area contributed by atoms with Crippen LogP contribution >= 0.6 is 11.6 Å². The van der Waals surface area contributed by atoms with Gasteiger partial charge in [0.25, 0.3) is 11.8 Å². The van der Waals surface area contributed by atoms with Gasteiger partial charge in [-0.2, -0.15) is 0 Å². The fraction of sp³-hybridized carbons (Fsp3) is 0.0714. The predicted molar refractivity (Wildman–Crippen MR) is 197 cm³/mol. The van der Waals surface area contributed by atoms with Gasteiger partial charge in [0.1, 0.15) is 23.9 Å². The number of hydrogen-bond donors (Lipinski definition) is 3. The second kappa shape index (κ2) is 16.3. The first-order valence-electron chi connectivity index (χ1n) is 16.1. The Bertz CT molecular complexity index is 2120. The smallest absolute Gasteiger partial charge is 0.305 e. The lowest BCUT2D eigenvalue weighted by Gasteiger charge is -2.20. The third kappa shape index (κ3) is 9.20. The summed E-state index contributed by atoms with van der Waals surface area (Å²) in [4.78, 5) is 38.8. The summed E-state index contributed by atoms with van der Waals surface area (Å²) in [6, 6.07) is 44.3. The van der Waals surface area contributed by atoms with Crippen LogP contribution in [0.3, 0.4) is 0 Å². The van der Waals surface area contributed by atoms with E-state index < -0.39 is 23.8 Å². The molecule has 0 saturated heterocycles. The molecular formula is C42H33ClN2O6. The molecule has 0 aliphatic rings. The van der Waals surface area contributed by atoms with E-state index in [-0.39, 0.29) is 22.7 Å². The molecule has 0 fully saturated rings. The van der Waals surface area contributed by atoms with Gasteiger partial charge in [-0.05, 0) is 77.4 Å². The highest BCUT2D eigenvalue weighted by Crippen LogP contribution is 2.34. The summed E-state index contributed by atoms with van der Waals surface area (Å²) in [5, 5.41) is 15.6. The normalized spacial score (nSPS) is 11.2. The molecule has 6 aromatic rings. The second-order valence-corrected chi connectivity index (χ2v) is 12.0. The van der Waals surface area contributed by atoms with E-state index in [1.54, 1.807) is 42.5 Å². The van der Waals surface area contributed by atoms with Crippen molar-refractivity contribution in [2.45, 2.75) is 19.1 Å². The Hall–Kier alpha value is -6.38. The van der Waals surface area contributed by atoms with Crippen LogP contribution in [0.25, 0.3) is 11.1 Å². The molecule has 0 radical (unpaired) electrons. The van der Waals surface area contributed by atoms with Gasteiger partial charge in [-0.3, -0.25) is 14.4 Å². The van der Waals surface area contributed by atoms with Gasteiger partial charge in [0.15, 0.2) is 0 Å². The van der Waals surface area contributed by atoms with E-state index in [4.69, 9.17) is 21.1 Å². The van der Waals surface area contributed by atoms with Crippen LogP contribution in [0, 0.1) is 0 Å². The number of ether oxygens (including phenoxy) is 2. The van der Waals surface area contributed by atoms with Crippen molar-refractivity contribution in [1.82, 2.24) is 5.32 Å². The largest absolute Gasteiger partial charge is 0.489 e. The van der Waals surface area contributed by atoms with Crippen molar-refractivity contribution < 1.29 is 29.0 Å². The van der Waals surface area contributed by atoms with E-state index in [9.17, 15) is 19.5 Å². The zero-order valence-electron chi connectivity index (χ0n) is 27.3. The minimum atomic E-state index is -1.10. The number of halogens is 1. The lowest BCUT2D eigenvalue weighted by molar-refractivity contribution is -0.137. The molecule has 6 aromatic carbocycles. The molecular weight excluding hydrogens is 664 g/mol. The number of carbonyl (C=O) groups is 3. The first kappa shape index (κ1) is 34.5. The summed E-state index contributed by atoms with van der Waals surface area (Å²) in [6.45, 7) is 0.389. The molecule has 2 amide bonds. The number of amides is 2. The summed E-state index contributed by atoms with van der Waals surface area (Å²) in [5.74, 6) is -0.185. The van der Waals surface area contributed by atoms with Gasteiger partial charge in [-0.15, -0.1) is 0 Å². The first-order chi connectivity index (χ1) is 24.8. The van der Waals surface area contributed by atoms with Crippen LogP contribution in [-0.2, 0) is 11.4 Å². The van der Waals surface area contributed by atoms with Crippen LogP contribution in [0.2, 0.25) is 5.02 Å². The number of rotatable bonds is 13. The van der Waals surface area contributed by atoms with Crippen LogP contribution in [0.5, 0.6) is 17.2 Å². The SMILES string of the molecule is O=C(O)CC(NC(=O)c1cc(Cl)ccc1NC(=O)c1ccc(OCc2ccccc2)cc1)c1ccc(-c2ccccc2Oc2ccccc2)cc1. The van der Waals surface area contributed by atoms with Crippen LogP contribution in [0.15, 0.2) is 152 Å². The molecule has 0 bridgehead atoms. The lowest BCUT2D eigenvalue weighted by atomic mass is 9.98. The maximum Gasteiger partial charge on any atom is 0.305 e. The number of nitrogens with one attached hydrogen (secondary N) is 2.